The van der Waals surface area contributed by atoms with Crippen LogP contribution in [0.15, 0.2) is 60.1 Å². The lowest BCUT2D eigenvalue weighted by molar-refractivity contribution is 0.475. The SMILES string of the molecule is Oc1ccc(CNc2cccc(-c3nccs3)c2)cc1. The third kappa shape index (κ3) is 2.97. The van der Waals surface area contributed by atoms with Crippen LogP contribution in [0.2, 0.25) is 0 Å². The van der Waals surface area contributed by atoms with Gasteiger partial charge in [-0.15, -0.1) is 11.3 Å². The second kappa shape index (κ2) is 5.75. The van der Waals surface area contributed by atoms with Crippen molar-refractivity contribution in [1.29, 1.82) is 0 Å². The number of aromatic nitrogens is 1. The third-order valence-corrected chi connectivity index (χ3v) is 3.80. The van der Waals surface area contributed by atoms with Crippen LogP contribution in [-0.4, -0.2) is 10.1 Å². The number of benzene rings is 2. The summed E-state index contributed by atoms with van der Waals surface area (Å²) >= 11 is 1.63. The molecule has 3 nitrogen and oxygen atoms in total. The molecule has 3 aromatic rings. The highest BCUT2D eigenvalue weighted by atomic mass is 32.1. The van der Waals surface area contributed by atoms with Crippen LogP contribution in [0.5, 0.6) is 5.75 Å². The summed E-state index contributed by atoms with van der Waals surface area (Å²) in [4.78, 5) is 4.32. The van der Waals surface area contributed by atoms with Crippen molar-refractivity contribution in [2.75, 3.05) is 5.32 Å². The first-order valence-corrected chi connectivity index (χ1v) is 7.21. The van der Waals surface area contributed by atoms with Crippen LogP contribution < -0.4 is 5.32 Å². The average molecular weight is 282 g/mol. The Labute approximate surface area is 121 Å². The van der Waals surface area contributed by atoms with Crippen LogP contribution in [0.3, 0.4) is 0 Å². The minimum absolute atomic E-state index is 0.291. The summed E-state index contributed by atoms with van der Waals surface area (Å²) in [7, 11) is 0. The second-order valence-electron chi connectivity index (χ2n) is 4.44. The summed E-state index contributed by atoms with van der Waals surface area (Å²) in [6.45, 7) is 0.724. The predicted molar refractivity (Wildman–Crippen MR) is 83.0 cm³/mol. The summed E-state index contributed by atoms with van der Waals surface area (Å²) in [6, 6.07) is 15.4. The normalized spacial score (nSPS) is 10.4. The van der Waals surface area contributed by atoms with Crippen molar-refractivity contribution in [3.05, 3.63) is 65.7 Å². The van der Waals surface area contributed by atoms with Gasteiger partial charge in [0.05, 0.1) is 0 Å². The Morgan fingerprint density at radius 1 is 1.10 bits per heavy atom. The van der Waals surface area contributed by atoms with Gasteiger partial charge in [0.25, 0.3) is 0 Å². The van der Waals surface area contributed by atoms with E-state index in [1.54, 1.807) is 23.5 Å². The Hall–Kier alpha value is -2.33. The number of nitrogens with one attached hydrogen (secondary N) is 1. The molecular weight excluding hydrogens is 268 g/mol. The molecule has 2 N–H and O–H groups in total. The van der Waals surface area contributed by atoms with Crippen molar-refractivity contribution in [3.63, 3.8) is 0 Å². The number of rotatable bonds is 4. The molecule has 4 heteroatoms. The molecule has 0 unspecified atom stereocenters. The van der Waals surface area contributed by atoms with Crippen molar-refractivity contribution < 1.29 is 5.11 Å². The van der Waals surface area contributed by atoms with E-state index in [4.69, 9.17) is 0 Å². The van der Waals surface area contributed by atoms with Gasteiger partial charge in [0.15, 0.2) is 0 Å². The lowest BCUT2D eigenvalue weighted by Crippen LogP contribution is -1.98. The minimum atomic E-state index is 0.291. The van der Waals surface area contributed by atoms with Gasteiger partial charge in [-0.2, -0.15) is 0 Å². The zero-order chi connectivity index (χ0) is 13.8. The Kier molecular flexibility index (Phi) is 3.65. The summed E-state index contributed by atoms with van der Waals surface area (Å²) in [5.41, 5.74) is 3.31. The topological polar surface area (TPSA) is 45.1 Å². The second-order valence-corrected chi connectivity index (χ2v) is 5.33. The fourth-order valence-corrected chi connectivity index (χ4v) is 2.58. The van der Waals surface area contributed by atoms with E-state index in [0.717, 1.165) is 28.4 Å². The predicted octanol–water partition coefficient (Wildman–Crippen LogP) is 4.13. The molecular formula is C16H14N2OS. The molecule has 0 fully saturated rings. The highest BCUT2D eigenvalue weighted by molar-refractivity contribution is 7.13. The van der Waals surface area contributed by atoms with E-state index in [2.05, 4.69) is 22.4 Å². The molecule has 0 spiro atoms. The van der Waals surface area contributed by atoms with Gasteiger partial charge in [0.1, 0.15) is 10.8 Å². The van der Waals surface area contributed by atoms with E-state index >= 15 is 0 Å². The summed E-state index contributed by atoms with van der Waals surface area (Å²) in [5.74, 6) is 0.291. The molecule has 0 aliphatic rings. The average Bonchev–Trinajstić information content (AvgIpc) is 3.01. The number of thiazole rings is 1. The van der Waals surface area contributed by atoms with Gasteiger partial charge in [-0.25, -0.2) is 4.98 Å². The van der Waals surface area contributed by atoms with Gasteiger partial charge in [-0.05, 0) is 29.8 Å². The maximum Gasteiger partial charge on any atom is 0.123 e. The molecule has 1 aromatic heterocycles. The van der Waals surface area contributed by atoms with Crippen LogP contribution in [0, 0.1) is 0 Å². The Balaban J connectivity index is 1.72. The Morgan fingerprint density at radius 2 is 1.95 bits per heavy atom. The number of phenols is 1. The molecule has 0 bridgehead atoms. The summed E-state index contributed by atoms with van der Waals surface area (Å²) in [5, 5.41) is 15.6. The third-order valence-electron chi connectivity index (χ3n) is 2.97. The van der Waals surface area contributed by atoms with Crippen LogP contribution >= 0.6 is 11.3 Å². The molecule has 100 valence electrons. The molecule has 0 radical (unpaired) electrons. The van der Waals surface area contributed by atoms with Crippen LogP contribution in [-0.2, 0) is 6.54 Å². The van der Waals surface area contributed by atoms with Crippen molar-refractivity contribution in [2.24, 2.45) is 0 Å². The van der Waals surface area contributed by atoms with Crippen LogP contribution in [0.4, 0.5) is 5.69 Å². The van der Waals surface area contributed by atoms with Crippen molar-refractivity contribution in [1.82, 2.24) is 4.98 Å². The fraction of sp³-hybridized carbons (Fsp3) is 0.0625. The molecule has 0 saturated heterocycles. The van der Waals surface area contributed by atoms with E-state index in [-0.39, 0.29) is 0 Å². The number of nitrogens with zero attached hydrogens (tertiary/aromatic N) is 1. The van der Waals surface area contributed by atoms with E-state index in [0.29, 0.717) is 5.75 Å². The Morgan fingerprint density at radius 3 is 2.70 bits per heavy atom. The van der Waals surface area contributed by atoms with Gasteiger partial charge >= 0.3 is 0 Å². The number of phenolic OH excluding ortho intramolecular Hbond substituents is 1. The van der Waals surface area contributed by atoms with Gasteiger partial charge < -0.3 is 10.4 Å². The largest absolute Gasteiger partial charge is 0.508 e. The van der Waals surface area contributed by atoms with Crippen LogP contribution in [0.25, 0.3) is 10.6 Å². The van der Waals surface area contributed by atoms with Crippen LogP contribution in [0.1, 0.15) is 5.56 Å². The van der Waals surface area contributed by atoms with Gasteiger partial charge in [0, 0.05) is 29.4 Å². The summed E-state index contributed by atoms with van der Waals surface area (Å²) < 4.78 is 0. The zero-order valence-electron chi connectivity index (χ0n) is 10.8. The minimum Gasteiger partial charge on any atom is -0.508 e. The first-order valence-electron chi connectivity index (χ1n) is 6.33. The number of hydrogen-bond acceptors (Lipinski definition) is 4. The van der Waals surface area contributed by atoms with E-state index in [1.807, 2.05) is 35.8 Å². The van der Waals surface area contributed by atoms with Crippen molar-refractivity contribution >= 4 is 17.0 Å². The van der Waals surface area contributed by atoms with E-state index < -0.39 is 0 Å². The highest BCUT2D eigenvalue weighted by Crippen LogP contribution is 2.24. The van der Waals surface area contributed by atoms with Gasteiger partial charge in [-0.1, -0.05) is 24.3 Å². The lowest BCUT2D eigenvalue weighted by atomic mass is 10.2. The smallest absolute Gasteiger partial charge is 0.123 e. The van der Waals surface area contributed by atoms with E-state index in [1.165, 1.54) is 0 Å². The van der Waals surface area contributed by atoms with Crippen molar-refractivity contribution in [2.45, 2.75) is 6.54 Å². The first kappa shape index (κ1) is 12.7. The molecule has 0 aliphatic carbocycles. The molecule has 0 amide bonds. The van der Waals surface area contributed by atoms with E-state index in [9.17, 15) is 5.11 Å². The molecule has 1 heterocycles. The number of anilines is 1. The Bertz CT molecular complexity index is 678. The first-order chi connectivity index (χ1) is 9.81. The molecule has 3 rings (SSSR count). The maximum absolute atomic E-state index is 9.26. The maximum atomic E-state index is 9.26. The van der Waals surface area contributed by atoms with Gasteiger partial charge in [0.2, 0.25) is 0 Å². The number of hydrogen-bond donors (Lipinski definition) is 2. The number of aromatic hydroxyl groups is 1. The highest BCUT2D eigenvalue weighted by Gasteiger charge is 2.01. The lowest BCUT2D eigenvalue weighted by Gasteiger charge is -2.08. The standard InChI is InChI=1S/C16H14N2OS/c19-15-6-4-12(5-7-15)11-18-14-3-1-2-13(10-14)16-17-8-9-20-16/h1-10,18-19H,11H2. The molecule has 2 aromatic carbocycles. The molecule has 20 heavy (non-hydrogen) atoms. The fourth-order valence-electron chi connectivity index (χ4n) is 1.95. The quantitative estimate of drug-likeness (QED) is 0.756. The molecule has 0 atom stereocenters. The van der Waals surface area contributed by atoms with Crippen molar-refractivity contribution in [3.8, 4) is 16.3 Å². The molecule has 0 saturated carbocycles. The van der Waals surface area contributed by atoms with Gasteiger partial charge in [-0.3, -0.25) is 0 Å². The zero-order valence-corrected chi connectivity index (χ0v) is 11.6. The molecule has 0 aliphatic heterocycles. The summed E-state index contributed by atoms with van der Waals surface area (Å²) in [6.07, 6.45) is 1.82. The monoisotopic (exact) mass is 282 g/mol.